The normalized spacial score (nSPS) is 10.7. The first-order valence-corrected chi connectivity index (χ1v) is 8.14. The van der Waals surface area contributed by atoms with Gasteiger partial charge < -0.3 is 5.32 Å². The number of rotatable bonds is 4. The van der Waals surface area contributed by atoms with Crippen molar-refractivity contribution in [2.75, 3.05) is 5.32 Å². The van der Waals surface area contributed by atoms with Gasteiger partial charge in [0.25, 0.3) is 5.91 Å². The molecule has 0 atom stereocenters. The third-order valence-electron chi connectivity index (χ3n) is 3.75. The Balaban J connectivity index is 1.65. The van der Waals surface area contributed by atoms with E-state index in [0.29, 0.717) is 22.0 Å². The molecule has 0 radical (unpaired) electrons. The van der Waals surface area contributed by atoms with Crippen LogP contribution in [0.15, 0.2) is 73.6 Å². The summed E-state index contributed by atoms with van der Waals surface area (Å²) < 4.78 is 3.25. The van der Waals surface area contributed by atoms with Crippen LogP contribution in [-0.2, 0) is 0 Å². The SMILES string of the molecule is O=C(Nc1cc(Cl)ccc1-n1cncn1)c1cccc(-n2cccn2)c1. The molecule has 128 valence electrons. The van der Waals surface area contributed by atoms with Gasteiger partial charge in [0.15, 0.2) is 0 Å². The number of benzene rings is 2. The van der Waals surface area contributed by atoms with Gasteiger partial charge in [0, 0.05) is 23.0 Å². The molecule has 1 amide bonds. The van der Waals surface area contributed by atoms with E-state index in [4.69, 9.17) is 11.6 Å². The van der Waals surface area contributed by atoms with Crippen LogP contribution in [0, 0.1) is 0 Å². The number of anilines is 1. The molecule has 1 N–H and O–H groups in total. The van der Waals surface area contributed by atoms with Crippen LogP contribution in [-0.4, -0.2) is 30.5 Å². The molecule has 0 unspecified atom stereocenters. The summed E-state index contributed by atoms with van der Waals surface area (Å²) in [5, 5.41) is 11.7. The first-order chi connectivity index (χ1) is 12.7. The monoisotopic (exact) mass is 364 g/mol. The topological polar surface area (TPSA) is 77.6 Å². The van der Waals surface area contributed by atoms with Crippen LogP contribution in [0.1, 0.15) is 10.4 Å². The fourth-order valence-electron chi connectivity index (χ4n) is 2.55. The van der Waals surface area contributed by atoms with Crippen LogP contribution in [0.3, 0.4) is 0 Å². The van der Waals surface area contributed by atoms with Crippen molar-refractivity contribution in [2.24, 2.45) is 0 Å². The molecule has 0 aliphatic heterocycles. The van der Waals surface area contributed by atoms with Crippen molar-refractivity contribution in [1.29, 1.82) is 0 Å². The Morgan fingerprint density at radius 2 is 1.96 bits per heavy atom. The number of aromatic nitrogens is 5. The van der Waals surface area contributed by atoms with Gasteiger partial charge in [0.1, 0.15) is 12.7 Å². The highest BCUT2D eigenvalue weighted by Gasteiger charge is 2.12. The number of carbonyl (C=O) groups is 1. The Kier molecular flexibility index (Phi) is 4.20. The lowest BCUT2D eigenvalue weighted by Crippen LogP contribution is -2.14. The number of carbonyl (C=O) groups excluding carboxylic acids is 1. The van der Waals surface area contributed by atoms with Crippen molar-refractivity contribution in [3.8, 4) is 11.4 Å². The Labute approximate surface area is 153 Å². The Morgan fingerprint density at radius 1 is 1.04 bits per heavy atom. The Hall–Kier alpha value is -3.45. The Bertz CT molecular complexity index is 1040. The summed E-state index contributed by atoms with van der Waals surface area (Å²) in [5.41, 5.74) is 2.51. The first-order valence-electron chi connectivity index (χ1n) is 7.77. The molecule has 0 aliphatic carbocycles. The van der Waals surface area contributed by atoms with Crippen LogP contribution in [0.25, 0.3) is 11.4 Å². The molecule has 2 aromatic heterocycles. The molecule has 2 heterocycles. The molecule has 0 fully saturated rings. The fourth-order valence-corrected chi connectivity index (χ4v) is 2.72. The van der Waals surface area contributed by atoms with E-state index in [1.807, 2.05) is 24.4 Å². The highest BCUT2D eigenvalue weighted by Crippen LogP contribution is 2.24. The molecule has 0 saturated carbocycles. The van der Waals surface area contributed by atoms with Crippen molar-refractivity contribution in [1.82, 2.24) is 24.5 Å². The van der Waals surface area contributed by atoms with Crippen LogP contribution in [0.4, 0.5) is 5.69 Å². The minimum Gasteiger partial charge on any atom is -0.320 e. The highest BCUT2D eigenvalue weighted by atomic mass is 35.5. The van der Waals surface area contributed by atoms with Crippen LogP contribution in [0.2, 0.25) is 5.02 Å². The first kappa shape index (κ1) is 16.0. The van der Waals surface area contributed by atoms with Crippen molar-refractivity contribution in [2.45, 2.75) is 0 Å². The average Bonchev–Trinajstić information content (AvgIpc) is 3.36. The minimum absolute atomic E-state index is 0.261. The Morgan fingerprint density at radius 3 is 2.73 bits per heavy atom. The molecule has 4 rings (SSSR count). The van der Waals surface area contributed by atoms with Gasteiger partial charge in [0.2, 0.25) is 0 Å². The summed E-state index contributed by atoms with van der Waals surface area (Å²) in [7, 11) is 0. The fraction of sp³-hybridized carbons (Fsp3) is 0. The maximum atomic E-state index is 12.7. The van der Waals surface area contributed by atoms with Crippen molar-refractivity contribution < 1.29 is 4.79 Å². The predicted molar refractivity (Wildman–Crippen MR) is 97.9 cm³/mol. The second-order valence-electron chi connectivity index (χ2n) is 5.46. The molecule has 7 nitrogen and oxygen atoms in total. The molecule has 2 aromatic carbocycles. The quantitative estimate of drug-likeness (QED) is 0.602. The maximum absolute atomic E-state index is 12.7. The lowest BCUT2D eigenvalue weighted by molar-refractivity contribution is 0.102. The van der Waals surface area contributed by atoms with Gasteiger partial charge in [-0.2, -0.15) is 10.2 Å². The van der Waals surface area contributed by atoms with Crippen LogP contribution >= 0.6 is 11.6 Å². The van der Waals surface area contributed by atoms with E-state index in [0.717, 1.165) is 5.69 Å². The molecule has 26 heavy (non-hydrogen) atoms. The van der Waals surface area contributed by atoms with Gasteiger partial charge in [-0.1, -0.05) is 17.7 Å². The molecule has 8 heteroatoms. The zero-order valence-electron chi connectivity index (χ0n) is 13.5. The molecule has 0 saturated heterocycles. The van der Waals surface area contributed by atoms with E-state index < -0.39 is 0 Å². The summed E-state index contributed by atoms with van der Waals surface area (Å²) in [5.74, 6) is -0.261. The zero-order valence-corrected chi connectivity index (χ0v) is 14.2. The molecule has 0 bridgehead atoms. The standard InChI is InChI=1S/C18H13ClN6O/c19-14-5-6-17(25-12-20-11-22-25)16(10-14)23-18(26)13-3-1-4-15(9-13)24-8-2-7-21-24/h1-12H,(H,23,26). The number of hydrogen-bond donors (Lipinski definition) is 1. The molecular weight excluding hydrogens is 352 g/mol. The number of amides is 1. The summed E-state index contributed by atoms with van der Waals surface area (Å²) >= 11 is 6.09. The molecule has 0 spiro atoms. The van der Waals surface area contributed by atoms with Gasteiger partial charge >= 0.3 is 0 Å². The smallest absolute Gasteiger partial charge is 0.255 e. The van der Waals surface area contributed by atoms with Gasteiger partial charge in [-0.3, -0.25) is 4.79 Å². The van der Waals surface area contributed by atoms with Crippen molar-refractivity contribution in [3.63, 3.8) is 0 Å². The van der Waals surface area contributed by atoms with E-state index in [1.165, 1.54) is 6.33 Å². The van der Waals surface area contributed by atoms with Crippen molar-refractivity contribution in [3.05, 3.63) is 84.2 Å². The predicted octanol–water partition coefficient (Wildman–Crippen LogP) is 3.36. The molecular formula is C18H13ClN6O. The summed E-state index contributed by atoms with van der Waals surface area (Å²) in [6.07, 6.45) is 6.48. The lowest BCUT2D eigenvalue weighted by atomic mass is 10.1. The van der Waals surface area contributed by atoms with E-state index in [9.17, 15) is 4.79 Å². The highest BCUT2D eigenvalue weighted by molar-refractivity contribution is 6.31. The maximum Gasteiger partial charge on any atom is 0.255 e. The van der Waals surface area contributed by atoms with Gasteiger partial charge in [-0.05, 0) is 42.5 Å². The molecule has 4 aromatic rings. The second kappa shape index (κ2) is 6.81. The van der Waals surface area contributed by atoms with E-state index in [-0.39, 0.29) is 5.91 Å². The van der Waals surface area contributed by atoms with E-state index in [1.54, 1.807) is 52.2 Å². The van der Waals surface area contributed by atoms with Crippen LogP contribution in [0.5, 0.6) is 0 Å². The lowest BCUT2D eigenvalue weighted by Gasteiger charge is -2.12. The summed E-state index contributed by atoms with van der Waals surface area (Å²) in [6.45, 7) is 0. The largest absolute Gasteiger partial charge is 0.320 e. The van der Waals surface area contributed by atoms with Gasteiger partial charge in [-0.25, -0.2) is 14.3 Å². The number of nitrogens with one attached hydrogen (secondary N) is 1. The average molecular weight is 365 g/mol. The molecule has 0 aliphatic rings. The van der Waals surface area contributed by atoms with Gasteiger partial charge in [-0.15, -0.1) is 0 Å². The van der Waals surface area contributed by atoms with E-state index in [2.05, 4.69) is 20.5 Å². The number of halogens is 1. The van der Waals surface area contributed by atoms with Gasteiger partial charge in [0.05, 0.1) is 17.1 Å². The third-order valence-corrected chi connectivity index (χ3v) is 3.98. The van der Waals surface area contributed by atoms with Crippen molar-refractivity contribution >= 4 is 23.2 Å². The minimum atomic E-state index is -0.261. The zero-order chi connectivity index (χ0) is 17.9. The summed E-state index contributed by atoms with van der Waals surface area (Å²) in [6, 6.07) is 14.2. The third kappa shape index (κ3) is 3.20. The second-order valence-corrected chi connectivity index (χ2v) is 5.89. The van der Waals surface area contributed by atoms with Crippen LogP contribution < -0.4 is 5.32 Å². The number of hydrogen-bond acceptors (Lipinski definition) is 4. The number of nitrogens with zero attached hydrogens (tertiary/aromatic N) is 5. The summed E-state index contributed by atoms with van der Waals surface area (Å²) in [4.78, 5) is 16.7. The van der Waals surface area contributed by atoms with E-state index >= 15 is 0 Å².